The first-order valence-electron chi connectivity index (χ1n) is 7.58. The summed E-state index contributed by atoms with van der Waals surface area (Å²) >= 11 is 0. The second kappa shape index (κ2) is 7.05. The number of rotatable bonds is 4. The van der Waals surface area contributed by atoms with Crippen LogP contribution in [0.2, 0.25) is 0 Å². The van der Waals surface area contributed by atoms with Crippen molar-refractivity contribution in [3.63, 3.8) is 0 Å². The highest BCUT2D eigenvalue weighted by molar-refractivity contribution is 5.48. The van der Waals surface area contributed by atoms with Crippen molar-refractivity contribution in [3.8, 4) is 5.75 Å². The Hall–Kier alpha value is -1.39. The molecule has 0 spiro atoms. The summed E-state index contributed by atoms with van der Waals surface area (Å²) in [5.41, 5.74) is 0.691. The van der Waals surface area contributed by atoms with Gasteiger partial charge in [-0.1, -0.05) is 32.3 Å². The molecule has 5 heteroatoms. The summed E-state index contributed by atoms with van der Waals surface area (Å²) in [4.78, 5) is 0. The number of benzene rings is 1. The maximum Gasteiger partial charge on any atom is 0.573 e. The second-order valence-corrected chi connectivity index (χ2v) is 5.70. The van der Waals surface area contributed by atoms with Gasteiger partial charge in [-0.25, -0.2) is 0 Å². The fraction of sp³-hybridized carbons (Fsp3) is 0.625. The lowest BCUT2D eigenvalue weighted by molar-refractivity contribution is -0.274. The number of anilines is 1. The molecular weight excluding hydrogens is 279 g/mol. The fourth-order valence-electron chi connectivity index (χ4n) is 2.95. The molecule has 1 aliphatic carbocycles. The number of hydrogen-bond donors (Lipinski definition) is 1. The largest absolute Gasteiger partial charge is 0.573 e. The molecule has 2 unspecified atom stereocenters. The van der Waals surface area contributed by atoms with Gasteiger partial charge in [-0.2, -0.15) is 0 Å². The Bertz CT molecular complexity index is 447. The zero-order valence-electron chi connectivity index (χ0n) is 12.2. The van der Waals surface area contributed by atoms with Crippen molar-refractivity contribution in [2.75, 3.05) is 5.32 Å². The number of nitrogens with one attached hydrogen (secondary N) is 1. The molecule has 2 atom stereocenters. The van der Waals surface area contributed by atoms with Gasteiger partial charge in [0.25, 0.3) is 0 Å². The van der Waals surface area contributed by atoms with Crippen molar-refractivity contribution >= 4 is 5.69 Å². The SMILES string of the molecule is CCC1CCCC(Nc2cccc(OC(F)(F)F)c2)CC1. The third kappa shape index (κ3) is 5.48. The minimum Gasteiger partial charge on any atom is -0.406 e. The molecule has 2 rings (SSSR count). The van der Waals surface area contributed by atoms with E-state index in [1.807, 2.05) is 0 Å². The van der Waals surface area contributed by atoms with Crippen LogP contribution in [0.3, 0.4) is 0 Å². The minimum absolute atomic E-state index is 0.174. The van der Waals surface area contributed by atoms with Crippen LogP contribution in [0.25, 0.3) is 0 Å². The smallest absolute Gasteiger partial charge is 0.406 e. The summed E-state index contributed by atoms with van der Waals surface area (Å²) < 4.78 is 40.6. The van der Waals surface area contributed by atoms with Gasteiger partial charge < -0.3 is 10.1 Å². The fourth-order valence-corrected chi connectivity index (χ4v) is 2.95. The zero-order valence-corrected chi connectivity index (χ0v) is 12.2. The average molecular weight is 301 g/mol. The molecule has 1 aromatic carbocycles. The van der Waals surface area contributed by atoms with Gasteiger partial charge >= 0.3 is 6.36 Å². The maximum absolute atomic E-state index is 12.2. The lowest BCUT2D eigenvalue weighted by Crippen LogP contribution is -2.19. The second-order valence-electron chi connectivity index (χ2n) is 5.70. The molecule has 0 saturated heterocycles. The van der Waals surface area contributed by atoms with E-state index in [4.69, 9.17) is 0 Å². The molecule has 0 radical (unpaired) electrons. The van der Waals surface area contributed by atoms with Crippen molar-refractivity contribution < 1.29 is 17.9 Å². The molecule has 0 aromatic heterocycles. The van der Waals surface area contributed by atoms with Crippen molar-refractivity contribution in [3.05, 3.63) is 24.3 Å². The number of alkyl halides is 3. The normalized spacial score (nSPS) is 23.4. The first-order valence-corrected chi connectivity index (χ1v) is 7.58. The van der Waals surface area contributed by atoms with Crippen LogP contribution in [0, 0.1) is 5.92 Å². The molecule has 0 heterocycles. The third-order valence-corrected chi connectivity index (χ3v) is 4.10. The molecule has 0 amide bonds. The Kier molecular flexibility index (Phi) is 5.37. The number of ether oxygens (including phenoxy) is 1. The van der Waals surface area contributed by atoms with Crippen molar-refractivity contribution in [1.82, 2.24) is 0 Å². The summed E-state index contributed by atoms with van der Waals surface area (Å²) in [6, 6.07) is 6.43. The standard InChI is InChI=1S/C16H22F3NO/c1-2-12-5-3-6-13(10-9-12)20-14-7-4-8-15(11-14)21-16(17,18)19/h4,7-8,11-13,20H,2-3,5-6,9-10H2,1H3. The van der Waals surface area contributed by atoms with Gasteiger partial charge in [0.15, 0.2) is 0 Å². The molecule has 1 saturated carbocycles. The highest BCUT2D eigenvalue weighted by Gasteiger charge is 2.31. The van der Waals surface area contributed by atoms with Gasteiger partial charge in [0, 0.05) is 17.8 Å². The van der Waals surface area contributed by atoms with Gasteiger partial charge in [-0.15, -0.1) is 13.2 Å². The molecule has 0 bridgehead atoms. The van der Waals surface area contributed by atoms with Gasteiger partial charge in [-0.3, -0.25) is 0 Å². The maximum atomic E-state index is 12.2. The quantitative estimate of drug-likeness (QED) is 0.756. The van der Waals surface area contributed by atoms with Crippen LogP contribution >= 0.6 is 0 Å². The van der Waals surface area contributed by atoms with E-state index in [1.54, 1.807) is 12.1 Å². The molecule has 1 fully saturated rings. The van der Waals surface area contributed by atoms with Gasteiger partial charge in [0.1, 0.15) is 5.75 Å². The molecular formula is C16H22F3NO. The first kappa shape index (κ1) is 16.0. The van der Waals surface area contributed by atoms with E-state index in [1.165, 1.54) is 37.8 Å². The minimum atomic E-state index is -4.64. The van der Waals surface area contributed by atoms with Crippen LogP contribution in [0.1, 0.15) is 45.4 Å². The van der Waals surface area contributed by atoms with E-state index in [2.05, 4.69) is 17.0 Å². The molecule has 21 heavy (non-hydrogen) atoms. The monoisotopic (exact) mass is 301 g/mol. The van der Waals surface area contributed by atoms with E-state index < -0.39 is 6.36 Å². The van der Waals surface area contributed by atoms with E-state index in [0.29, 0.717) is 11.7 Å². The van der Waals surface area contributed by atoms with Crippen LogP contribution < -0.4 is 10.1 Å². The summed E-state index contributed by atoms with van der Waals surface area (Å²) in [6.45, 7) is 2.22. The van der Waals surface area contributed by atoms with E-state index in [9.17, 15) is 13.2 Å². The number of hydrogen-bond acceptors (Lipinski definition) is 2. The lowest BCUT2D eigenvalue weighted by atomic mass is 9.98. The van der Waals surface area contributed by atoms with E-state index in [0.717, 1.165) is 18.8 Å². The Morgan fingerprint density at radius 2 is 2.00 bits per heavy atom. The van der Waals surface area contributed by atoms with Crippen LogP contribution in [0.5, 0.6) is 5.75 Å². The molecule has 1 aromatic rings. The summed E-state index contributed by atoms with van der Waals surface area (Å²) in [5, 5.41) is 3.34. The Labute approximate surface area is 123 Å². The third-order valence-electron chi connectivity index (χ3n) is 4.10. The summed E-state index contributed by atoms with van der Waals surface area (Å²) in [5.74, 6) is 0.615. The summed E-state index contributed by atoms with van der Waals surface area (Å²) in [6.07, 6.45) is 2.33. The zero-order chi connectivity index (χ0) is 15.3. The predicted octanol–water partition coefficient (Wildman–Crippen LogP) is 5.36. The van der Waals surface area contributed by atoms with Crippen molar-refractivity contribution in [1.29, 1.82) is 0 Å². The van der Waals surface area contributed by atoms with Gasteiger partial charge in [-0.05, 0) is 37.3 Å². The van der Waals surface area contributed by atoms with Crippen LogP contribution in [-0.2, 0) is 0 Å². The highest BCUT2D eigenvalue weighted by atomic mass is 19.4. The molecule has 118 valence electrons. The Morgan fingerprint density at radius 3 is 2.71 bits per heavy atom. The predicted molar refractivity (Wildman–Crippen MR) is 77.4 cm³/mol. The molecule has 2 nitrogen and oxygen atoms in total. The molecule has 0 aliphatic heterocycles. The number of halogens is 3. The summed E-state index contributed by atoms with van der Waals surface area (Å²) in [7, 11) is 0. The molecule has 1 N–H and O–H groups in total. The van der Waals surface area contributed by atoms with Crippen molar-refractivity contribution in [2.24, 2.45) is 5.92 Å². The Morgan fingerprint density at radius 1 is 1.19 bits per heavy atom. The van der Waals surface area contributed by atoms with Gasteiger partial charge in [0.05, 0.1) is 0 Å². The van der Waals surface area contributed by atoms with Gasteiger partial charge in [0.2, 0.25) is 0 Å². The topological polar surface area (TPSA) is 21.3 Å². The first-order chi connectivity index (χ1) is 9.96. The van der Waals surface area contributed by atoms with Crippen LogP contribution in [0.4, 0.5) is 18.9 Å². The van der Waals surface area contributed by atoms with Crippen LogP contribution in [0.15, 0.2) is 24.3 Å². The Balaban J connectivity index is 1.94. The lowest BCUT2D eigenvalue weighted by Gasteiger charge is -2.19. The van der Waals surface area contributed by atoms with Crippen LogP contribution in [-0.4, -0.2) is 12.4 Å². The molecule has 1 aliphatic rings. The average Bonchev–Trinajstić information content (AvgIpc) is 2.62. The van der Waals surface area contributed by atoms with Crippen molar-refractivity contribution in [2.45, 2.75) is 57.9 Å². The highest BCUT2D eigenvalue weighted by Crippen LogP contribution is 2.29. The van der Waals surface area contributed by atoms with E-state index >= 15 is 0 Å². The van der Waals surface area contributed by atoms with E-state index in [-0.39, 0.29) is 5.75 Å².